The summed E-state index contributed by atoms with van der Waals surface area (Å²) >= 11 is 0. The third kappa shape index (κ3) is 4.80. The van der Waals surface area contributed by atoms with Gasteiger partial charge in [0.2, 0.25) is 5.91 Å². The van der Waals surface area contributed by atoms with Crippen molar-refractivity contribution in [1.29, 1.82) is 0 Å². The van der Waals surface area contributed by atoms with Crippen molar-refractivity contribution in [3.63, 3.8) is 0 Å². The van der Waals surface area contributed by atoms with Crippen molar-refractivity contribution in [2.45, 2.75) is 6.92 Å². The predicted molar refractivity (Wildman–Crippen MR) is 108 cm³/mol. The first-order chi connectivity index (χ1) is 13.4. The first-order valence-electron chi connectivity index (χ1n) is 8.74. The van der Waals surface area contributed by atoms with Crippen LogP contribution in [0.3, 0.4) is 0 Å². The van der Waals surface area contributed by atoms with Crippen molar-refractivity contribution in [3.8, 4) is 5.69 Å². The largest absolute Gasteiger partial charge is 0.325 e. The van der Waals surface area contributed by atoms with Gasteiger partial charge in [0, 0.05) is 16.9 Å². The molecule has 0 aliphatic rings. The van der Waals surface area contributed by atoms with Gasteiger partial charge < -0.3 is 15.5 Å². The van der Waals surface area contributed by atoms with Gasteiger partial charge in [-0.25, -0.2) is 9.67 Å². The number of carbonyl (C=O) groups excluding carboxylic acids is 2. The van der Waals surface area contributed by atoms with Gasteiger partial charge in [-0.05, 0) is 69.0 Å². The molecule has 3 aromatic rings. The van der Waals surface area contributed by atoms with Crippen molar-refractivity contribution in [2.75, 3.05) is 31.3 Å². The Kier molecular flexibility index (Phi) is 5.81. The van der Waals surface area contributed by atoms with Crippen LogP contribution in [0.4, 0.5) is 11.4 Å². The summed E-state index contributed by atoms with van der Waals surface area (Å²) in [6.07, 6.45) is 3.07. The van der Waals surface area contributed by atoms with Crippen LogP contribution in [0.1, 0.15) is 15.9 Å². The van der Waals surface area contributed by atoms with E-state index in [0.717, 1.165) is 11.3 Å². The maximum Gasteiger partial charge on any atom is 0.255 e. The highest BCUT2D eigenvalue weighted by Crippen LogP contribution is 2.18. The molecule has 2 amide bonds. The van der Waals surface area contributed by atoms with Crippen molar-refractivity contribution < 1.29 is 9.59 Å². The Morgan fingerprint density at radius 2 is 1.71 bits per heavy atom. The molecule has 0 fully saturated rings. The number of benzene rings is 2. The maximum atomic E-state index is 12.6. The fourth-order valence-electron chi connectivity index (χ4n) is 2.71. The van der Waals surface area contributed by atoms with Crippen LogP contribution in [0.15, 0.2) is 55.1 Å². The first kappa shape index (κ1) is 19.2. The lowest BCUT2D eigenvalue weighted by atomic mass is 10.1. The van der Waals surface area contributed by atoms with Crippen molar-refractivity contribution in [2.24, 2.45) is 0 Å². The molecule has 0 spiro atoms. The Balaban J connectivity index is 1.65. The van der Waals surface area contributed by atoms with Crippen molar-refractivity contribution in [1.82, 2.24) is 19.7 Å². The summed E-state index contributed by atoms with van der Waals surface area (Å²) in [4.78, 5) is 30.1. The molecule has 0 aliphatic heterocycles. The maximum absolute atomic E-state index is 12.6. The Hall–Kier alpha value is -3.52. The molecule has 1 heterocycles. The molecule has 0 atom stereocenters. The van der Waals surface area contributed by atoms with Gasteiger partial charge >= 0.3 is 0 Å². The van der Waals surface area contributed by atoms with Crippen LogP contribution >= 0.6 is 0 Å². The van der Waals surface area contributed by atoms with E-state index in [-0.39, 0.29) is 11.8 Å². The molecule has 2 N–H and O–H groups in total. The zero-order valence-electron chi connectivity index (χ0n) is 16.0. The molecule has 0 aliphatic carbocycles. The summed E-state index contributed by atoms with van der Waals surface area (Å²) in [5.74, 6) is -0.295. The van der Waals surface area contributed by atoms with Gasteiger partial charge in [-0.3, -0.25) is 9.59 Å². The number of aryl methyl sites for hydroxylation is 1. The van der Waals surface area contributed by atoms with E-state index in [0.29, 0.717) is 23.5 Å². The predicted octanol–water partition coefficient (Wildman–Crippen LogP) is 2.33. The molecule has 2 aromatic carbocycles. The van der Waals surface area contributed by atoms with E-state index >= 15 is 0 Å². The third-order valence-corrected chi connectivity index (χ3v) is 4.02. The summed E-state index contributed by atoms with van der Waals surface area (Å²) in [5, 5.41) is 9.77. The van der Waals surface area contributed by atoms with E-state index in [1.54, 1.807) is 46.2 Å². The fourth-order valence-corrected chi connectivity index (χ4v) is 2.71. The molecule has 0 saturated heterocycles. The van der Waals surface area contributed by atoms with Crippen LogP contribution in [-0.2, 0) is 4.79 Å². The number of hydrogen-bond donors (Lipinski definition) is 2. The van der Waals surface area contributed by atoms with Crippen LogP contribution in [-0.4, -0.2) is 52.1 Å². The van der Waals surface area contributed by atoms with E-state index in [2.05, 4.69) is 20.7 Å². The van der Waals surface area contributed by atoms with Crippen LogP contribution in [0.5, 0.6) is 0 Å². The van der Waals surface area contributed by atoms with Gasteiger partial charge in [0.05, 0.1) is 12.2 Å². The van der Waals surface area contributed by atoms with E-state index in [1.165, 1.54) is 6.33 Å². The number of rotatable bonds is 6. The minimum atomic E-state index is -0.202. The smallest absolute Gasteiger partial charge is 0.255 e. The summed E-state index contributed by atoms with van der Waals surface area (Å²) in [7, 11) is 3.66. The third-order valence-electron chi connectivity index (χ3n) is 4.02. The van der Waals surface area contributed by atoms with Crippen molar-refractivity contribution >= 4 is 23.2 Å². The number of likely N-dealkylation sites (N-methyl/N-ethyl adjacent to an activating group) is 1. The zero-order chi connectivity index (χ0) is 20.1. The highest BCUT2D eigenvalue weighted by molar-refractivity contribution is 6.05. The average molecular weight is 378 g/mol. The Morgan fingerprint density at radius 3 is 2.29 bits per heavy atom. The number of aromatic nitrogens is 3. The molecule has 0 radical (unpaired) electrons. The topological polar surface area (TPSA) is 92.1 Å². The highest BCUT2D eigenvalue weighted by atomic mass is 16.2. The number of carbonyl (C=O) groups is 2. The average Bonchev–Trinajstić information content (AvgIpc) is 3.17. The summed E-state index contributed by atoms with van der Waals surface area (Å²) in [6, 6.07) is 12.5. The molecule has 1 aromatic heterocycles. The minimum Gasteiger partial charge on any atom is -0.325 e. The lowest BCUT2D eigenvalue weighted by Gasteiger charge is -2.12. The van der Waals surface area contributed by atoms with Crippen LogP contribution in [0.25, 0.3) is 5.69 Å². The Morgan fingerprint density at radius 1 is 1.04 bits per heavy atom. The molecular weight excluding hydrogens is 356 g/mol. The molecule has 28 heavy (non-hydrogen) atoms. The van der Waals surface area contributed by atoms with Crippen LogP contribution < -0.4 is 10.6 Å². The molecule has 0 bridgehead atoms. The Labute approximate surface area is 163 Å². The first-order valence-corrected chi connectivity index (χ1v) is 8.74. The zero-order valence-corrected chi connectivity index (χ0v) is 16.0. The number of nitrogens with zero attached hydrogens (tertiary/aromatic N) is 4. The summed E-state index contributed by atoms with van der Waals surface area (Å²) in [5.41, 5.74) is 3.57. The van der Waals surface area contributed by atoms with Gasteiger partial charge in [-0.15, -0.1) is 0 Å². The number of nitrogens with one attached hydrogen (secondary N) is 2. The standard InChI is InChI=1S/C20H22N6O2/c1-14-10-17(26-13-21-12-22-26)8-9-18(14)20(28)24-16-6-4-15(5-7-16)23-19(27)11-25(2)3/h4-10,12-13H,11H2,1-3H3,(H,23,27)(H,24,28). The SMILES string of the molecule is Cc1cc(-n2cncn2)ccc1C(=O)Nc1ccc(NC(=O)CN(C)C)cc1. The molecule has 8 nitrogen and oxygen atoms in total. The fraction of sp³-hybridized carbons (Fsp3) is 0.200. The van der Waals surface area contributed by atoms with Crippen LogP contribution in [0.2, 0.25) is 0 Å². The second-order valence-electron chi connectivity index (χ2n) is 6.66. The molecule has 8 heteroatoms. The van der Waals surface area contributed by atoms with E-state index in [4.69, 9.17) is 0 Å². The molecular formula is C20H22N6O2. The second-order valence-corrected chi connectivity index (χ2v) is 6.66. The quantitative estimate of drug-likeness (QED) is 0.687. The Bertz CT molecular complexity index is 965. The highest BCUT2D eigenvalue weighted by Gasteiger charge is 2.11. The molecule has 3 rings (SSSR count). The van der Waals surface area contributed by atoms with Gasteiger partial charge in [-0.1, -0.05) is 0 Å². The second kappa shape index (κ2) is 8.45. The molecule has 0 unspecified atom stereocenters. The van der Waals surface area contributed by atoms with Gasteiger partial charge in [-0.2, -0.15) is 5.10 Å². The number of hydrogen-bond acceptors (Lipinski definition) is 5. The normalized spacial score (nSPS) is 10.7. The lowest BCUT2D eigenvalue weighted by molar-refractivity contribution is -0.116. The lowest BCUT2D eigenvalue weighted by Crippen LogP contribution is -2.27. The molecule has 0 saturated carbocycles. The molecule has 144 valence electrons. The number of anilines is 2. The minimum absolute atomic E-state index is 0.0927. The van der Waals surface area contributed by atoms with E-state index in [9.17, 15) is 9.59 Å². The van der Waals surface area contributed by atoms with E-state index < -0.39 is 0 Å². The van der Waals surface area contributed by atoms with Crippen LogP contribution in [0, 0.1) is 6.92 Å². The van der Waals surface area contributed by atoms with E-state index in [1.807, 2.05) is 33.2 Å². The summed E-state index contributed by atoms with van der Waals surface area (Å²) < 4.78 is 1.64. The summed E-state index contributed by atoms with van der Waals surface area (Å²) in [6.45, 7) is 2.18. The van der Waals surface area contributed by atoms with Crippen molar-refractivity contribution in [3.05, 3.63) is 66.2 Å². The number of amides is 2. The van der Waals surface area contributed by atoms with Gasteiger partial charge in [0.25, 0.3) is 5.91 Å². The van der Waals surface area contributed by atoms with Gasteiger partial charge in [0.15, 0.2) is 0 Å². The monoisotopic (exact) mass is 378 g/mol. The van der Waals surface area contributed by atoms with Gasteiger partial charge in [0.1, 0.15) is 12.7 Å².